The SMILES string of the molecule is CC1CCCC(CN)N1S(=O)(=O)C(C)C#N. The van der Waals surface area contributed by atoms with E-state index in [2.05, 4.69) is 0 Å². The van der Waals surface area contributed by atoms with Gasteiger partial charge in [-0.15, -0.1) is 0 Å². The largest absolute Gasteiger partial charge is 0.329 e. The maximum absolute atomic E-state index is 12.1. The summed E-state index contributed by atoms with van der Waals surface area (Å²) in [6.45, 7) is 3.62. The van der Waals surface area contributed by atoms with Crippen LogP contribution in [0, 0.1) is 11.3 Å². The first kappa shape index (κ1) is 13.4. The van der Waals surface area contributed by atoms with Gasteiger partial charge in [-0.1, -0.05) is 6.42 Å². The molecule has 0 aliphatic carbocycles. The molecule has 6 heteroatoms. The average Bonchev–Trinajstić information content (AvgIpc) is 2.26. The molecular weight excluding hydrogens is 226 g/mol. The van der Waals surface area contributed by atoms with Gasteiger partial charge in [0.1, 0.15) is 0 Å². The molecule has 0 aromatic rings. The van der Waals surface area contributed by atoms with Crippen molar-refractivity contribution in [3.05, 3.63) is 0 Å². The van der Waals surface area contributed by atoms with Crippen molar-refractivity contribution in [2.45, 2.75) is 50.4 Å². The fourth-order valence-electron chi connectivity index (χ4n) is 2.19. The fraction of sp³-hybridized carbons (Fsp3) is 0.900. The third kappa shape index (κ3) is 2.37. The van der Waals surface area contributed by atoms with Crippen molar-refractivity contribution in [3.8, 4) is 6.07 Å². The second-order valence-electron chi connectivity index (χ2n) is 4.32. The summed E-state index contributed by atoms with van der Waals surface area (Å²) in [6.07, 6.45) is 2.63. The lowest BCUT2D eigenvalue weighted by atomic mass is 10.00. The molecule has 0 aromatic carbocycles. The molecule has 3 atom stereocenters. The van der Waals surface area contributed by atoms with Gasteiger partial charge in [-0.2, -0.15) is 9.57 Å². The molecule has 0 amide bonds. The van der Waals surface area contributed by atoms with Gasteiger partial charge in [0, 0.05) is 18.6 Å². The molecule has 92 valence electrons. The zero-order valence-electron chi connectivity index (χ0n) is 9.76. The Kier molecular flexibility index (Phi) is 4.30. The van der Waals surface area contributed by atoms with Crippen LogP contribution in [0.4, 0.5) is 0 Å². The van der Waals surface area contributed by atoms with E-state index in [9.17, 15) is 8.42 Å². The van der Waals surface area contributed by atoms with E-state index < -0.39 is 15.3 Å². The molecule has 0 aromatic heterocycles. The number of nitrogens with two attached hydrogens (primary N) is 1. The summed E-state index contributed by atoms with van der Waals surface area (Å²) in [5.41, 5.74) is 5.61. The summed E-state index contributed by atoms with van der Waals surface area (Å²) in [5.74, 6) is 0. The van der Waals surface area contributed by atoms with Crippen LogP contribution in [0.3, 0.4) is 0 Å². The van der Waals surface area contributed by atoms with E-state index in [1.54, 1.807) is 6.07 Å². The van der Waals surface area contributed by atoms with Crippen molar-refractivity contribution in [1.29, 1.82) is 5.26 Å². The quantitative estimate of drug-likeness (QED) is 0.781. The summed E-state index contributed by atoms with van der Waals surface area (Å²) >= 11 is 0. The molecule has 0 radical (unpaired) electrons. The molecule has 1 heterocycles. The normalized spacial score (nSPS) is 29.6. The summed E-state index contributed by atoms with van der Waals surface area (Å²) in [6, 6.07) is 1.60. The Bertz CT molecular complexity index is 374. The molecule has 16 heavy (non-hydrogen) atoms. The standard InChI is InChI=1S/C10H19N3O2S/c1-8-4-3-5-10(7-12)13(8)16(14,15)9(2)6-11/h8-10H,3-5,7,12H2,1-2H3. The number of piperidine rings is 1. The number of sulfonamides is 1. The molecule has 1 aliphatic rings. The first-order valence-electron chi connectivity index (χ1n) is 5.57. The number of nitriles is 1. The van der Waals surface area contributed by atoms with Gasteiger partial charge in [0.25, 0.3) is 0 Å². The van der Waals surface area contributed by atoms with Gasteiger partial charge in [-0.05, 0) is 26.7 Å². The lowest BCUT2D eigenvalue weighted by Gasteiger charge is -2.39. The second-order valence-corrected chi connectivity index (χ2v) is 6.47. The number of nitrogens with zero attached hydrogens (tertiary/aromatic N) is 2. The van der Waals surface area contributed by atoms with Gasteiger partial charge < -0.3 is 5.73 Å². The van der Waals surface area contributed by atoms with Crippen LogP contribution >= 0.6 is 0 Å². The minimum Gasteiger partial charge on any atom is -0.329 e. The number of hydrogen-bond donors (Lipinski definition) is 1. The highest BCUT2D eigenvalue weighted by molar-refractivity contribution is 7.90. The van der Waals surface area contributed by atoms with Gasteiger partial charge in [-0.25, -0.2) is 8.42 Å². The Morgan fingerprint density at radius 3 is 2.69 bits per heavy atom. The van der Waals surface area contributed by atoms with Crippen LogP contribution in [0.5, 0.6) is 0 Å². The Hall–Kier alpha value is -0.640. The first-order chi connectivity index (χ1) is 7.45. The van der Waals surface area contributed by atoms with Crippen LogP contribution in [-0.2, 0) is 10.0 Å². The Morgan fingerprint density at radius 1 is 1.56 bits per heavy atom. The minimum absolute atomic E-state index is 0.0527. The Labute approximate surface area is 97.3 Å². The minimum atomic E-state index is -3.53. The second kappa shape index (κ2) is 5.13. The van der Waals surface area contributed by atoms with E-state index in [-0.39, 0.29) is 12.1 Å². The predicted molar refractivity (Wildman–Crippen MR) is 62.0 cm³/mol. The van der Waals surface area contributed by atoms with E-state index in [0.717, 1.165) is 19.3 Å². The first-order valence-corrected chi connectivity index (χ1v) is 7.07. The zero-order valence-corrected chi connectivity index (χ0v) is 10.6. The molecule has 3 unspecified atom stereocenters. The monoisotopic (exact) mass is 245 g/mol. The summed E-state index contributed by atoms with van der Waals surface area (Å²) in [7, 11) is -3.53. The predicted octanol–water partition coefficient (Wildman–Crippen LogP) is 0.430. The van der Waals surface area contributed by atoms with Gasteiger partial charge in [0.05, 0.1) is 6.07 Å². The van der Waals surface area contributed by atoms with Crippen molar-refractivity contribution in [2.24, 2.45) is 5.73 Å². The van der Waals surface area contributed by atoms with E-state index >= 15 is 0 Å². The van der Waals surface area contributed by atoms with Crippen molar-refractivity contribution in [3.63, 3.8) is 0 Å². The third-order valence-corrected chi connectivity index (χ3v) is 5.39. The zero-order chi connectivity index (χ0) is 12.3. The van der Waals surface area contributed by atoms with Crippen LogP contribution in [0.1, 0.15) is 33.1 Å². The van der Waals surface area contributed by atoms with E-state index in [1.165, 1.54) is 11.2 Å². The van der Waals surface area contributed by atoms with E-state index in [0.29, 0.717) is 6.54 Å². The smallest absolute Gasteiger partial charge is 0.230 e. The van der Waals surface area contributed by atoms with Crippen molar-refractivity contribution in [2.75, 3.05) is 6.54 Å². The average molecular weight is 245 g/mol. The molecule has 0 bridgehead atoms. The summed E-state index contributed by atoms with van der Waals surface area (Å²) in [4.78, 5) is 0. The van der Waals surface area contributed by atoms with Gasteiger partial charge in [0.15, 0.2) is 5.25 Å². The summed E-state index contributed by atoms with van der Waals surface area (Å²) < 4.78 is 25.7. The maximum atomic E-state index is 12.1. The topological polar surface area (TPSA) is 87.2 Å². The van der Waals surface area contributed by atoms with E-state index in [4.69, 9.17) is 11.0 Å². The molecule has 1 rings (SSSR count). The fourth-order valence-corrected chi connectivity index (χ4v) is 3.91. The molecule has 0 saturated carbocycles. The summed E-state index contributed by atoms with van der Waals surface area (Å²) in [5, 5.41) is 7.76. The lowest BCUT2D eigenvalue weighted by Crippen LogP contribution is -2.53. The molecular formula is C10H19N3O2S. The van der Waals surface area contributed by atoms with Crippen LogP contribution < -0.4 is 5.73 Å². The third-order valence-electron chi connectivity index (χ3n) is 3.15. The molecule has 5 nitrogen and oxygen atoms in total. The maximum Gasteiger partial charge on any atom is 0.230 e. The van der Waals surface area contributed by atoms with Crippen LogP contribution in [-0.4, -0.2) is 36.6 Å². The van der Waals surface area contributed by atoms with Crippen molar-refractivity contribution in [1.82, 2.24) is 4.31 Å². The van der Waals surface area contributed by atoms with Gasteiger partial charge in [-0.3, -0.25) is 0 Å². The highest BCUT2D eigenvalue weighted by Crippen LogP contribution is 2.27. The van der Waals surface area contributed by atoms with Gasteiger partial charge in [0.2, 0.25) is 10.0 Å². The van der Waals surface area contributed by atoms with Crippen molar-refractivity contribution >= 4 is 10.0 Å². The van der Waals surface area contributed by atoms with Crippen LogP contribution in [0.2, 0.25) is 0 Å². The number of hydrogen-bond acceptors (Lipinski definition) is 4. The highest BCUT2D eigenvalue weighted by atomic mass is 32.2. The Balaban J connectivity index is 3.03. The highest BCUT2D eigenvalue weighted by Gasteiger charge is 2.39. The lowest BCUT2D eigenvalue weighted by molar-refractivity contribution is 0.195. The van der Waals surface area contributed by atoms with Gasteiger partial charge >= 0.3 is 0 Å². The molecule has 1 saturated heterocycles. The van der Waals surface area contributed by atoms with Crippen LogP contribution in [0.25, 0.3) is 0 Å². The number of rotatable bonds is 3. The molecule has 1 aliphatic heterocycles. The molecule has 1 fully saturated rings. The molecule has 2 N–H and O–H groups in total. The van der Waals surface area contributed by atoms with Crippen LogP contribution in [0.15, 0.2) is 0 Å². The Morgan fingerprint density at radius 2 is 2.19 bits per heavy atom. The van der Waals surface area contributed by atoms with Crippen molar-refractivity contribution < 1.29 is 8.42 Å². The molecule has 0 spiro atoms. The van der Waals surface area contributed by atoms with E-state index in [1.807, 2.05) is 6.92 Å².